The van der Waals surface area contributed by atoms with Gasteiger partial charge in [0.25, 0.3) is 0 Å². The molecule has 0 aromatic heterocycles. The fraction of sp³-hybridized carbons (Fsp3) is 0.562. The second kappa shape index (κ2) is 7.40. The first kappa shape index (κ1) is 18.5. The molecule has 0 N–H and O–H groups in total. The molecule has 7 nitrogen and oxygen atoms in total. The molecule has 1 atom stereocenters. The molecule has 1 saturated heterocycles. The number of sulfonamides is 1. The average Bonchev–Trinajstić information content (AvgIpc) is 2.54. The topological polar surface area (TPSA) is 70.2 Å². The Morgan fingerprint density at radius 2 is 1.71 bits per heavy atom. The van der Waals surface area contributed by atoms with Crippen molar-refractivity contribution in [2.24, 2.45) is 0 Å². The van der Waals surface area contributed by atoms with Crippen LogP contribution in [0.4, 0.5) is 5.69 Å². The predicted molar refractivity (Wildman–Crippen MR) is 93.9 cm³/mol. The van der Waals surface area contributed by atoms with E-state index in [-0.39, 0.29) is 5.91 Å². The summed E-state index contributed by atoms with van der Waals surface area (Å²) >= 11 is 0. The number of nitrogens with zero attached hydrogens (tertiary/aromatic N) is 3. The second-order valence-corrected chi connectivity index (χ2v) is 7.92. The van der Waals surface area contributed by atoms with E-state index in [1.165, 1.54) is 4.31 Å². The molecule has 0 aliphatic carbocycles. The van der Waals surface area contributed by atoms with Gasteiger partial charge < -0.3 is 14.5 Å². The van der Waals surface area contributed by atoms with E-state index in [4.69, 9.17) is 4.74 Å². The zero-order chi connectivity index (χ0) is 17.9. The molecule has 0 saturated carbocycles. The Labute approximate surface area is 143 Å². The zero-order valence-corrected chi connectivity index (χ0v) is 15.4. The van der Waals surface area contributed by atoms with Gasteiger partial charge in [-0.15, -0.1) is 0 Å². The van der Waals surface area contributed by atoms with Crippen molar-refractivity contribution in [3.63, 3.8) is 0 Å². The van der Waals surface area contributed by atoms with Crippen molar-refractivity contribution in [3.8, 4) is 5.75 Å². The molecule has 8 heteroatoms. The number of rotatable bonds is 5. The van der Waals surface area contributed by atoms with Crippen LogP contribution in [0, 0.1) is 0 Å². The molecule has 1 unspecified atom stereocenters. The Hall–Kier alpha value is -1.80. The molecule has 24 heavy (non-hydrogen) atoms. The number of carbonyl (C=O) groups excluding carboxylic acids is 1. The first-order valence-electron chi connectivity index (χ1n) is 7.85. The largest absolute Gasteiger partial charge is 0.497 e. The molecule has 1 aliphatic heterocycles. The standard InChI is InChI=1S/C16H25N3O4S/c1-13(16(20)18-11-9-17(2)10-12-18)19(24(4,21)22)14-5-7-15(23-3)8-6-14/h5-8,13H,9-12H2,1-4H3. The van der Waals surface area contributed by atoms with Crippen LogP contribution >= 0.6 is 0 Å². The monoisotopic (exact) mass is 355 g/mol. The van der Waals surface area contributed by atoms with Gasteiger partial charge in [0.1, 0.15) is 11.8 Å². The Kier molecular flexibility index (Phi) is 5.71. The maximum atomic E-state index is 12.8. The Bertz CT molecular complexity index is 667. The van der Waals surface area contributed by atoms with E-state index in [1.807, 2.05) is 7.05 Å². The molecule has 0 radical (unpaired) electrons. The highest BCUT2D eigenvalue weighted by Crippen LogP contribution is 2.24. The SMILES string of the molecule is COc1ccc(N(C(C)C(=O)N2CCN(C)CC2)S(C)(=O)=O)cc1. The van der Waals surface area contributed by atoms with Crippen LogP contribution < -0.4 is 9.04 Å². The van der Waals surface area contributed by atoms with E-state index in [2.05, 4.69) is 4.90 Å². The van der Waals surface area contributed by atoms with E-state index in [0.29, 0.717) is 24.5 Å². The van der Waals surface area contributed by atoms with Gasteiger partial charge in [-0.05, 0) is 38.2 Å². The molecule has 2 rings (SSSR count). The molecule has 134 valence electrons. The van der Waals surface area contributed by atoms with Crippen molar-refractivity contribution in [1.82, 2.24) is 9.80 Å². The minimum Gasteiger partial charge on any atom is -0.497 e. The van der Waals surface area contributed by atoms with E-state index in [1.54, 1.807) is 43.2 Å². The van der Waals surface area contributed by atoms with Crippen molar-refractivity contribution in [2.75, 3.05) is 50.9 Å². The zero-order valence-electron chi connectivity index (χ0n) is 14.6. The van der Waals surface area contributed by atoms with Crippen LogP contribution in [0.2, 0.25) is 0 Å². The molecular formula is C16H25N3O4S. The predicted octanol–water partition coefficient (Wildman–Crippen LogP) is 0.624. The Balaban J connectivity index is 2.25. The number of anilines is 1. The van der Waals surface area contributed by atoms with Gasteiger partial charge in [-0.3, -0.25) is 9.10 Å². The van der Waals surface area contributed by atoms with Crippen LogP contribution in [-0.4, -0.2) is 76.8 Å². The summed E-state index contributed by atoms with van der Waals surface area (Å²) in [6.45, 7) is 4.44. The molecular weight excluding hydrogens is 330 g/mol. The van der Waals surface area contributed by atoms with Crippen LogP contribution in [0.25, 0.3) is 0 Å². The van der Waals surface area contributed by atoms with E-state index >= 15 is 0 Å². The third kappa shape index (κ3) is 4.18. The smallest absolute Gasteiger partial charge is 0.246 e. The number of likely N-dealkylation sites (N-methyl/N-ethyl adjacent to an activating group) is 1. The van der Waals surface area contributed by atoms with Gasteiger partial charge in [-0.1, -0.05) is 0 Å². The van der Waals surface area contributed by atoms with Crippen LogP contribution in [0.1, 0.15) is 6.92 Å². The maximum absolute atomic E-state index is 12.8. The summed E-state index contributed by atoms with van der Waals surface area (Å²) in [4.78, 5) is 16.6. The van der Waals surface area contributed by atoms with Gasteiger partial charge in [0, 0.05) is 26.2 Å². The number of carbonyl (C=O) groups is 1. The Morgan fingerprint density at radius 3 is 2.17 bits per heavy atom. The third-order valence-corrected chi connectivity index (χ3v) is 5.45. The summed E-state index contributed by atoms with van der Waals surface area (Å²) in [7, 11) is -0.0468. The lowest BCUT2D eigenvalue weighted by Crippen LogP contribution is -2.54. The lowest BCUT2D eigenvalue weighted by molar-refractivity contribution is -0.133. The normalized spacial score (nSPS) is 17.4. The first-order chi connectivity index (χ1) is 11.2. The van der Waals surface area contributed by atoms with Crippen LogP contribution in [-0.2, 0) is 14.8 Å². The summed E-state index contributed by atoms with van der Waals surface area (Å²) in [6.07, 6.45) is 1.12. The van der Waals surface area contributed by atoms with E-state index < -0.39 is 16.1 Å². The van der Waals surface area contributed by atoms with Crippen LogP contribution in [0.15, 0.2) is 24.3 Å². The molecule has 1 aromatic rings. The van der Waals surface area contributed by atoms with Gasteiger partial charge in [-0.2, -0.15) is 0 Å². The molecule has 1 fully saturated rings. The maximum Gasteiger partial charge on any atom is 0.246 e. The summed E-state index contributed by atoms with van der Waals surface area (Å²) in [5.74, 6) is 0.453. The van der Waals surface area contributed by atoms with E-state index in [9.17, 15) is 13.2 Å². The van der Waals surface area contributed by atoms with Crippen LogP contribution in [0.5, 0.6) is 5.75 Å². The van der Waals surface area contributed by atoms with Crippen molar-refractivity contribution in [3.05, 3.63) is 24.3 Å². The second-order valence-electron chi connectivity index (χ2n) is 6.06. The molecule has 1 heterocycles. The number of piperazine rings is 1. The number of ether oxygens (including phenoxy) is 1. The van der Waals surface area contributed by atoms with Gasteiger partial charge in [0.2, 0.25) is 15.9 Å². The summed E-state index contributed by atoms with van der Waals surface area (Å²) in [5, 5.41) is 0. The van der Waals surface area contributed by atoms with Gasteiger partial charge in [0.15, 0.2) is 0 Å². The molecule has 0 spiro atoms. The number of hydrogen-bond acceptors (Lipinski definition) is 5. The number of amides is 1. The van der Waals surface area contributed by atoms with Crippen molar-refractivity contribution < 1.29 is 17.9 Å². The average molecular weight is 355 g/mol. The van der Waals surface area contributed by atoms with Crippen molar-refractivity contribution in [1.29, 1.82) is 0 Å². The fourth-order valence-corrected chi connectivity index (χ4v) is 3.99. The molecule has 1 amide bonds. The number of hydrogen-bond donors (Lipinski definition) is 0. The highest BCUT2D eigenvalue weighted by atomic mass is 32.2. The molecule has 1 aliphatic rings. The summed E-state index contributed by atoms with van der Waals surface area (Å²) < 4.78 is 30.8. The van der Waals surface area contributed by atoms with Crippen molar-refractivity contribution in [2.45, 2.75) is 13.0 Å². The molecule has 0 bridgehead atoms. The summed E-state index contributed by atoms with van der Waals surface area (Å²) in [6, 6.07) is 5.86. The first-order valence-corrected chi connectivity index (χ1v) is 9.69. The van der Waals surface area contributed by atoms with E-state index in [0.717, 1.165) is 19.3 Å². The summed E-state index contributed by atoms with van der Waals surface area (Å²) in [5.41, 5.74) is 0.452. The lowest BCUT2D eigenvalue weighted by Gasteiger charge is -2.36. The molecule has 1 aromatic carbocycles. The minimum atomic E-state index is -3.60. The minimum absolute atomic E-state index is 0.177. The quantitative estimate of drug-likeness (QED) is 0.775. The highest BCUT2D eigenvalue weighted by Gasteiger charge is 2.32. The van der Waals surface area contributed by atoms with Gasteiger partial charge in [-0.25, -0.2) is 8.42 Å². The Morgan fingerprint density at radius 1 is 1.17 bits per heavy atom. The number of benzene rings is 1. The van der Waals surface area contributed by atoms with Gasteiger partial charge >= 0.3 is 0 Å². The highest BCUT2D eigenvalue weighted by molar-refractivity contribution is 7.92. The van der Waals surface area contributed by atoms with Crippen LogP contribution in [0.3, 0.4) is 0 Å². The van der Waals surface area contributed by atoms with Crippen molar-refractivity contribution >= 4 is 21.6 Å². The fourth-order valence-electron chi connectivity index (χ4n) is 2.82. The third-order valence-electron chi connectivity index (χ3n) is 4.21. The lowest BCUT2D eigenvalue weighted by atomic mass is 10.2. The van der Waals surface area contributed by atoms with Gasteiger partial charge in [0.05, 0.1) is 19.1 Å². The number of methoxy groups -OCH3 is 1.